The van der Waals surface area contributed by atoms with E-state index in [9.17, 15) is 9.59 Å². The van der Waals surface area contributed by atoms with Gasteiger partial charge in [-0.15, -0.1) is 0 Å². The van der Waals surface area contributed by atoms with Gasteiger partial charge in [-0.05, 0) is 24.6 Å². The molecule has 0 spiro atoms. The third-order valence-corrected chi connectivity index (χ3v) is 5.86. The van der Waals surface area contributed by atoms with Gasteiger partial charge in [-0.25, -0.2) is 5.01 Å². The van der Waals surface area contributed by atoms with E-state index in [1.807, 2.05) is 29.2 Å². The Hall–Kier alpha value is -3.00. The van der Waals surface area contributed by atoms with Crippen LogP contribution in [0.25, 0.3) is 12.2 Å². The van der Waals surface area contributed by atoms with Gasteiger partial charge < -0.3 is 4.90 Å². The van der Waals surface area contributed by atoms with Crippen LogP contribution in [0.3, 0.4) is 0 Å². The van der Waals surface area contributed by atoms with E-state index in [1.165, 1.54) is 5.01 Å². The molecule has 1 aromatic carbocycles. The Morgan fingerprint density at radius 2 is 2.00 bits per heavy atom. The van der Waals surface area contributed by atoms with E-state index in [-0.39, 0.29) is 24.4 Å². The summed E-state index contributed by atoms with van der Waals surface area (Å²) in [5.74, 6) is -0.0788. The third-order valence-electron chi connectivity index (χ3n) is 5.33. The Morgan fingerprint density at radius 1 is 1.23 bits per heavy atom. The maximum absolute atomic E-state index is 13.0. The van der Waals surface area contributed by atoms with Gasteiger partial charge in [-0.1, -0.05) is 47.3 Å². The van der Waals surface area contributed by atoms with Crippen molar-refractivity contribution in [1.82, 2.24) is 19.7 Å². The fourth-order valence-corrected chi connectivity index (χ4v) is 4.09. The first-order valence-corrected chi connectivity index (χ1v) is 10.6. The Bertz CT molecular complexity index is 1010. The van der Waals surface area contributed by atoms with Gasteiger partial charge in [0, 0.05) is 34.8 Å². The predicted molar refractivity (Wildman–Crippen MR) is 120 cm³/mol. The summed E-state index contributed by atoms with van der Waals surface area (Å²) in [5.41, 5.74) is 3.14. The molecule has 0 N–H and O–H groups in total. The third kappa shape index (κ3) is 3.87. The van der Waals surface area contributed by atoms with E-state index < -0.39 is 0 Å². The van der Waals surface area contributed by atoms with E-state index in [1.54, 1.807) is 23.0 Å². The van der Waals surface area contributed by atoms with Crippen LogP contribution in [0.1, 0.15) is 29.7 Å². The number of amides is 2. The van der Waals surface area contributed by atoms with Gasteiger partial charge in [-0.2, -0.15) is 10.2 Å². The van der Waals surface area contributed by atoms with Crippen molar-refractivity contribution >= 4 is 45.6 Å². The van der Waals surface area contributed by atoms with Crippen LogP contribution in [0.5, 0.6) is 0 Å². The summed E-state index contributed by atoms with van der Waals surface area (Å²) < 4.78 is 2.53. The number of carbonyl (C=O) groups is 2. The maximum atomic E-state index is 13.0. The van der Waals surface area contributed by atoms with E-state index in [0.717, 1.165) is 27.7 Å². The van der Waals surface area contributed by atoms with Gasteiger partial charge in [0.1, 0.15) is 6.54 Å². The summed E-state index contributed by atoms with van der Waals surface area (Å²) in [6.45, 7) is 8.58. The molecule has 2 aliphatic rings. The van der Waals surface area contributed by atoms with Crippen LogP contribution in [-0.2, 0) is 16.1 Å². The molecule has 30 heavy (non-hydrogen) atoms. The average molecular weight is 468 g/mol. The van der Waals surface area contributed by atoms with Gasteiger partial charge in [-0.3, -0.25) is 14.3 Å². The second-order valence-electron chi connectivity index (χ2n) is 7.25. The van der Waals surface area contributed by atoms with Gasteiger partial charge in [0.25, 0.3) is 5.91 Å². The molecule has 2 aliphatic heterocycles. The Balaban J connectivity index is 1.60. The largest absolute Gasteiger partial charge is 0.332 e. The second-order valence-corrected chi connectivity index (χ2v) is 8.17. The highest BCUT2D eigenvalue weighted by Gasteiger charge is 2.38. The normalized spacial score (nSPS) is 18.6. The second kappa shape index (κ2) is 8.39. The van der Waals surface area contributed by atoms with E-state index >= 15 is 0 Å². The summed E-state index contributed by atoms with van der Waals surface area (Å²) in [7, 11) is 0. The first-order chi connectivity index (χ1) is 14.5. The molecule has 8 heteroatoms. The molecule has 0 bridgehead atoms. The molecular weight excluding hydrogens is 446 g/mol. The molecule has 1 saturated heterocycles. The predicted octanol–water partition coefficient (Wildman–Crippen LogP) is 3.17. The Kier molecular flexibility index (Phi) is 5.67. The van der Waals surface area contributed by atoms with Crippen LogP contribution in [0.15, 0.2) is 53.2 Å². The molecule has 4 rings (SSSR count). The zero-order chi connectivity index (χ0) is 21.3. The van der Waals surface area contributed by atoms with E-state index in [0.29, 0.717) is 25.2 Å². The first kappa shape index (κ1) is 20.3. The summed E-state index contributed by atoms with van der Waals surface area (Å²) in [6, 6.07) is 7.52. The van der Waals surface area contributed by atoms with Crippen molar-refractivity contribution in [3.63, 3.8) is 0 Å². The minimum atomic E-state index is -0.241. The molecule has 2 aromatic rings. The summed E-state index contributed by atoms with van der Waals surface area (Å²) in [4.78, 5) is 27.2. The highest BCUT2D eigenvalue weighted by atomic mass is 79.9. The zero-order valence-corrected chi connectivity index (χ0v) is 18.1. The molecule has 0 radical (unpaired) electrons. The number of halogens is 1. The monoisotopic (exact) mass is 467 g/mol. The lowest BCUT2D eigenvalue weighted by Gasteiger charge is -2.25. The van der Waals surface area contributed by atoms with Gasteiger partial charge >= 0.3 is 0 Å². The number of nitrogens with zero attached hydrogens (tertiary/aromatic N) is 5. The van der Waals surface area contributed by atoms with Crippen LogP contribution < -0.4 is 0 Å². The van der Waals surface area contributed by atoms with Crippen LogP contribution in [0.2, 0.25) is 0 Å². The Morgan fingerprint density at radius 3 is 2.60 bits per heavy atom. The molecule has 3 heterocycles. The topological polar surface area (TPSA) is 70.8 Å². The van der Waals surface area contributed by atoms with E-state index in [4.69, 9.17) is 0 Å². The maximum Gasteiger partial charge on any atom is 0.264 e. The van der Waals surface area contributed by atoms with Crippen LogP contribution >= 0.6 is 15.9 Å². The minimum Gasteiger partial charge on any atom is -0.332 e. The van der Waals surface area contributed by atoms with Crippen molar-refractivity contribution in [3.05, 3.63) is 64.9 Å². The molecule has 1 aromatic heterocycles. The first-order valence-electron chi connectivity index (χ1n) is 9.76. The smallest absolute Gasteiger partial charge is 0.264 e. The molecule has 0 saturated carbocycles. The standard InChI is InChI=1S/C22H22BrN5O2/c1-3-15-12-26(24-18(15)4-2)14-21(30)28-13-19(27-11-5-6-20(27)29)22(25-28)16-7-9-17(23)10-8-16/h3-4,7-10,12,19H,1-2,5-6,11,13-14H2. The van der Waals surface area contributed by atoms with Gasteiger partial charge in [0.2, 0.25) is 5.91 Å². The number of hydrogen-bond acceptors (Lipinski definition) is 4. The number of aromatic nitrogens is 2. The summed E-state index contributed by atoms with van der Waals surface area (Å²) >= 11 is 3.44. The van der Waals surface area contributed by atoms with Crippen molar-refractivity contribution < 1.29 is 9.59 Å². The van der Waals surface area contributed by atoms with Crippen molar-refractivity contribution in [2.75, 3.05) is 13.1 Å². The lowest BCUT2D eigenvalue weighted by Crippen LogP contribution is -2.44. The number of carbonyl (C=O) groups excluding carboxylic acids is 2. The lowest BCUT2D eigenvalue weighted by atomic mass is 10.0. The molecule has 7 nitrogen and oxygen atoms in total. The van der Waals surface area contributed by atoms with Crippen molar-refractivity contribution in [3.8, 4) is 0 Å². The molecule has 1 unspecified atom stereocenters. The molecule has 1 fully saturated rings. The number of hydrazone groups is 1. The van der Waals surface area contributed by atoms with Gasteiger partial charge in [0.15, 0.2) is 0 Å². The van der Waals surface area contributed by atoms with Crippen LogP contribution in [0, 0.1) is 0 Å². The number of benzene rings is 1. The molecule has 154 valence electrons. The summed E-state index contributed by atoms with van der Waals surface area (Å²) in [6.07, 6.45) is 6.45. The fraction of sp³-hybridized carbons (Fsp3) is 0.273. The molecular formula is C22H22BrN5O2. The van der Waals surface area contributed by atoms with Crippen LogP contribution in [0.4, 0.5) is 0 Å². The highest BCUT2D eigenvalue weighted by molar-refractivity contribution is 9.10. The SMILES string of the molecule is C=Cc1cn(CC(=O)N2CC(N3CCCC3=O)C(c3ccc(Br)cc3)=N2)nc1C=C. The zero-order valence-electron chi connectivity index (χ0n) is 16.5. The number of hydrogen-bond donors (Lipinski definition) is 0. The fourth-order valence-electron chi connectivity index (χ4n) is 3.83. The Labute approximate surface area is 183 Å². The minimum absolute atomic E-state index is 0.0481. The highest BCUT2D eigenvalue weighted by Crippen LogP contribution is 2.25. The summed E-state index contributed by atoms with van der Waals surface area (Å²) in [5, 5.41) is 10.4. The quantitative estimate of drug-likeness (QED) is 0.654. The lowest BCUT2D eigenvalue weighted by molar-refractivity contribution is -0.134. The molecule has 2 amide bonds. The molecule has 0 aliphatic carbocycles. The number of likely N-dealkylation sites (tertiary alicyclic amines) is 1. The average Bonchev–Trinajstić information content (AvgIpc) is 3.46. The van der Waals surface area contributed by atoms with E-state index in [2.05, 4.69) is 39.3 Å². The van der Waals surface area contributed by atoms with Crippen LogP contribution in [-0.4, -0.2) is 56.3 Å². The number of rotatable bonds is 6. The van der Waals surface area contributed by atoms with Crippen molar-refractivity contribution in [1.29, 1.82) is 0 Å². The van der Waals surface area contributed by atoms with Crippen molar-refractivity contribution in [2.45, 2.75) is 25.4 Å². The van der Waals surface area contributed by atoms with Crippen molar-refractivity contribution in [2.24, 2.45) is 5.10 Å². The van der Waals surface area contributed by atoms with Gasteiger partial charge in [0.05, 0.1) is 24.0 Å². The molecule has 1 atom stereocenters.